The average molecular weight is 415 g/mol. The van der Waals surface area contributed by atoms with Gasteiger partial charge in [0.1, 0.15) is 12.4 Å². The monoisotopic (exact) mass is 414 g/mol. The van der Waals surface area contributed by atoms with Gasteiger partial charge in [0.05, 0.1) is 10.6 Å². The van der Waals surface area contributed by atoms with Gasteiger partial charge >= 0.3 is 0 Å². The number of hydrogen-bond acceptors (Lipinski definition) is 4. The maximum Gasteiger partial charge on any atom is 0.264 e. The van der Waals surface area contributed by atoms with E-state index in [1.54, 1.807) is 0 Å². The average Bonchev–Trinajstić information content (AvgIpc) is 3.09. The first-order valence-electron chi connectivity index (χ1n) is 9.70. The second-order valence-electron chi connectivity index (χ2n) is 7.10. The fourth-order valence-electron chi connectivity index (χ4n) is 2.98. The lowest BCUT2D eigenvalue weighted by molar-refractivity contribution is -0.115. The fraction of sp³-hybridized carbons (Fsp3) is 0.120. The number of aryl methyl sites for hydroxylation is 2. The zero-order valence-electron chi connectivity index (χ0n) is 16.9. The molecule has 30 heavy (non-hydrogen) atoms. The molecule has 4 rings (SSSR count). The van der Waals surface area contributed by atoms with Crippen molar-refractivity contribution in [2.45, 2.75) is 20.5 Å². The lowest BCUT2D eigenvalue weighted by Gasteiger charge is -2.07. The van der Waals surface area contributed by atoms with Gasteiger partial charge in [-0.3, -0.25) is 4.79 Å². The molecule has 4 nitrogen and oxygen atoms in total. The van der Waals surface area contributed by atoms with Crippen LogP contribution in [0.2, 0.25) is 0 Å². The lowest BCUT2D eigenvalue weighted by atomic mass is 10.1. The number of nitrogens with zero attached hydrogens (tertiary/aromatic N) is 1. The van der Waals surface area contributed by atoms with E-state index in [1.807, 2.05) is 78.9 Å². The minimum atomic E-state index is -0.141. The molecule has 3 aromatic carbocycles. The summed E-state index contributed by atoms with van der Waals surface area (Å²) in [6.45, 7) is 4.62. The molecule has 0 radical (unpaired) electrons. The van der Waals surface area contributed by atoms with Crippen molar-refractivity contribution >= 4 is 34.6 Å². The first-order chi connectivity index (χ1) is 14.6. The normalized spacial score (nSPS) is 16.1. The number of carbonyl (C=O) groups excluding carboxylic acids is 1. The molecule has 150 valence electrons. The molecular weight excluding hydrogens is 392 g/mol. The van der Waals surface area contributed by atoms with Crippen molar-refractivity contribution in [1.29, 1.82) is 0 Å². The summed E-state index contributed by atoms with van der Waals surface area (Å²) in [7, 11) is 0. The third-order valence-corrected chi connectivity index (χ3v) is 5.69. The second kappa shape index (κ2) is 9.01. The highest BCUT2D eigenvalue weighted by Gasteiger charge is 2.23. The smallest absolute Gasteiger partial charge is 0.264 e. The molecule has 0 unspecified atom stereocenters. The van der Waals surface area contributed by atoms with Gasteiger partial charge in [-0.2, -0.15) is 0 Å². The van der Waals surface area contributed by atoms with Crippen LogP contribution in [0.15, 0.2) is 82.7 Å². The van der Waals surface area contributed by atoms with E-state index in [2.05, 4.69) is 24.2 Å². The molecular formula is C25H22N2O2S. The number of amides is 1. The second-order valence-corrected chi connectivity index (χ2v) is 8.13. The van der Waals surface area contributed by atoms with Crippen LogP contribution >= 0.6 is 11.8 Å². The largest absolute Gasteiger partial charge is 0.489 e. The summed E-state index contributed by atoms with van der Waals surface area (Å²) < 4.78 is 5.88. The standard InChI is InChI=1S/C25H22N2O2S/c1-17-11-12-21(13-18(17)2)26-25-27-24(28)23(30-25)15-20-9-6-10-22(14-20)29-16-19-7-4-3-5-8-19/h3-15H,16H2,1-2H3,(H,26,27,28)/b23-15+. The Morgan fingerprint density at radius 1 is 0.967 bits per heavy atom. The van der Waals surface area contributed by atoms with Crippen LogP contribution in [0.4, 0.5) is 5.69 Å². The predicted molar refractivity (Wildman–Crippen MR) is 124 cm³/mol. The molecule has 1 N–H and O–H groups in total. The van der Waals surface area contributed by atoms with Crippen LogP contribution in [0.3, 0.4) is 0 Å². The number of carbonyl (C=O) groups is 1. The number of rotatable bonds is 5. The Hall–Kier alpha value is -3.31. The van der Waals surface area contributed by atoms with Crippen molar-refractivity contribution in [3.63, 3.8) is 0 Å². The predicted octanol–water partition coefficient (Wildman–Crippen LogP) is 5.77. The Labute approximate surface area is 180 Å². The Balaban J connectivity index is 1.47. The number of nitrogens with one attached hydrogen (secondary N) is 1. The Morgan fingerprint density at radius 3 is 2.60 bits per heavy atom. The maximum atomic E-state index is 12.4. The molecule has 5 heteroatoms. The molecule has 1 aliphatic heterocycles. The summed E-state index contributed by atoms with van der Waals surface area (Å²) in [6.07, 6.45) is 1.86. The van der Waals surface area contributed by atoms with Gasteiger partial charge in [-0.15, -0.1) is 0 Å². The van der Waals surface area contributed by atoms with Crippen molar-refractivity contribution in [1.82, 2.24) is 5.32 Å². The molecule has 1 amide bonds. The number of aliphatic imine (C=N–C) groups is 1. The third-order valence-electron chi connectivity index (χ3n) is 4.78. The van der Waals surface area contributed by atoms with Crippen molar-refractivity contribution in [2.75, 3.05) is 0 Å². The summed E-state index contributed by atoms with van der Waals surface area (Å²) in [4.78, 5) is 17.6. The van der Waals surface area contributed by atoms with Gasteiger partial charge in [0.2, 0.25) is 0 Å². The van der Waals surface area contributed by atoms with Crippen molar-refractivity contribution in [3.05, 3.63) is 100.0 Å². The number of ether oxygens (including phenoxy) is 1. The van der Waals surface area contributed by atoms with Crippen LogP contribution < -0.4 is 10.1 Å². The summed E-state index contributed by atoms with van der Waals surface area (Å²) >= 11 is 1.34. The van der Waals surface area contributed by atoms with Gasteiger partial charge in [-0.05, 0) is 78.2 Å². The van der Waals surface area contributed by atoms with Crippen molar-refractivity contribution < 1.29 is 9.53 Å². The SMILES string of the molecule is Cc1ccc(N=C2NC(=O)/C(=C\c3cccc(OCc4ccccc4)c3)S2)cc1C. The molecule has 0 aliphatic carbocycles. The molecule has 0 atom stereocenters. The van der Waals surface area contributed by atoms with Gasteiger partial charge in [0.15, 0.2) is 5.17 Å². The lowest BCUT2D eigenvalue weighted by Crippen LogP contribution is -2.19. The van der Waals surface area contributed by atoms with Crippen LogP contribution in [-0.4, -0.2) is 11.1 Å². The topological polar surface area (TPSA) is 50.7 Å². The quantitative estimate of drug-likeness (QED) is 0.539. The van der Waals surface area contributed by atoms with Crippen LogP contribution in [0.25, 0.3) is 6.08 Å². The van der Waals surface area contributed by atoms with E-state index in [0.29, 0.717) is 16.7 Å². The van der Waals surface area contributed by atoms with E-state index in [-0.39, 0.29) is 5.91 Å². The van der Waals surface area contributed by atoms with Crippen LogP contribution in [0.1, 0.15) is 22.3 Å². The summed E-state index contributed by atoms with van der Waals surface area (Å²) in [6, 6.07) is 23.8. The molecule has 1 fully saturated rings. The van der Waals surface area contributed by atoms with Gasteiger partial charge < -0.3 is 10.1 Å². The van der Waals surface area contributed by atoms with Crippen molar-refractivity contribution in [3.8, 4) is 5.75 Å². The molecule has 0 bridgehead atoms. The van der Waals surface area contributed by atoms with E-state index < -0.39 is 0 Å². The van der Waals surface area contributed by atoms with E-state index in [4.69, 9.17) is 4.74 Å². The first kappa shape index (κ1) is 20.0. The number of hydrogen-bond donors (Lipinski definition) is 1. The van der Waals surface area contributed by atoms with Gasteiger partial charge in [-0.1, -0.05) is 48.5 Å². The van der Waals surface area contributed by atoms with E-state index >= 15 is 0 Å². The minimum absolute atomic E-state index is 0.141. The van der Waals surface area contributed by atoms with Gasteiger partial charge in [-0.25, -0.2) is 4.99 Å². The van der Waals surface area contributed by atoms with Crippen molar-refractivity contribution in [2.24, 2.45) is 4.99 Å². The number of amidine groups is 1. The summed E-state index contributed by atoms with van der Waals surface area (Å²) in [5.74, 6) is 0.624. The van der Waals surface area contributed by atoms with Gasteiger partial charge in [0.25, 0.3) is 5.91 Å². The summed E-state index contributed by atoms with van der Waals surface area (Å²) in [5, 5.41) is 3.43. The maximum absolute atomic E-state index is 12.4. The fourth-order valence-corrected chi connectivity index (χ4v) is 3.82. The zero-order valence-corrected chi connectivity index (χ0v) is 17.7. The molecule has 0 saturated carbocycles. The Bertz CT molecular complexity index is 1140. The third kappa shape index (κ3) is 4.99. The molecule has 1 heterocycles. The van der Waals surface area contributed by atoms with Crippen LogP contribution in [-0.2, 0) is 11.4 Å². The highest BCUT2D eigenvalue weighted by Crippen LogP contribution is 2.29. The Morgan fingerprint density at radius 2 is 1.80 bits per heavy atom. The van der Waals surface area contributed by atoms with Crippen LogP contribution in [0.5, 0.6) is 5.75 Å². The number of thioether (sulfide) groups is 1. The molecule has 1 aliphatic rings. The van der Waals surface area contributed by atoms with E-state index in [1.165, 1.54) is 22.9 Å². The molecule has 0 aromatic heterocycles. The minimum Gasteiger partial charge on any atom is -0.489 e. The van der Waals surface area contributed by atoms with E-state index in [0.717, 1.165) is 22.6 Å². The number of benzene rings is 3. The molecule has 3 aromatic rings. The summed E-state index contributed by atoms with van der Waals surface area (Å²) in [5.41, 5.74) is 5.24. The van der Waals surface area contributed by atoms with Gasteiger partial charge in [0, 0.05) is 0 Å². The molecule has 0 spiro atoms. The van der Waals surface area contributed by atoms with Crippen LogP contribution in [0, 0.1) is 13.8 Å². The highest BCUT2D eigenvalue weighted by atomic mass is 32.2. The first-order valence-corrected chi connectivity index (χ1v) is 10.5. The zero-order chi connectivity index (χ0) is 20.9. The Kier molecular flexibility index (Phi) is 6.00. The van der Waals surface area contributed by atoms with E-state index in [9.17, 15) is 4.79 Å². The highest BCUT2D eigenvalue weighted by molar-refractivity contribution is 8.18. The molecule has 1 saturated heterocycles.